The van der Waals surface area contributed by atoms with Crippen LogP contribution in [-0.2, 0) is 9.63 Å². The normalized spacial score (nSPS) is 20.8. The standard InChI is InChI=1S/C14H24N2O2/c1-16(13-9-6-10-13)14(17)11-18-15-12-7-4-2-3-5-8-12/h13H,2-11H2,1H3. The van der Waals surface area contributed by atoms with Crippen molar-refractivity contribution in [3.8, 4) is 0 Å². The van der Waals surface area contributed by atoms with Crippen molar-refractivity contribution in [1.29, 1.82) is 0 Å². The lowest BCUT2D eigenvalue weighted by Gasteiger charge is -2.34. The highest BCUT2D eigenvalue weighted by Crippen LogP contribution is 2.23. The highest BCUT2D eigenvalue weighted by Gasteiger charge is 2.25. The molecule has 102 valence electrons. The second-order valence-corrected chi connectivity index (χ2v) is 5.43. The number of rotatable bonds is 4. The van der Waals surface area contributed by atoms with Gasteiger partial charge in [0.2, 0.25) is 0 Å². The number of carbonyl (C=O) groups excluding carboxylic acids is 1. The van der Waals surface area contributed by atoms with E-state index in [1.165, 1.54) is 32.1 Å². The molecule has 0 aromatic heterocycles. The average molecular weight is 252 g/mol. The van der Waals surface area contributed by atoms with Gasteiger partial charge < -0.3 is 9.74 Å². The summed E-state index contributed by atoms with van der Waals surface area (Å²) >= 11 is 0. The zero-order chi connectivity index (χ0) is 12.8. The van der Waals surface area contributed by atoms with Crippen molar-refractivity contribution in [3.05, 3.63) is 0 Å². The predicted molar refractivity (Wildman–Crippen MR) is 71.5 cm³/mol. The molecule has 0 saturated heterocycles. The van der Waals surface area contributed by atoms with Crippen LogP contribution in [0.3, 0.4) is 0 Å². The van der Waals surface area contributed by atoms with E-state index in [2.05, 4.69) is 5.16 Å². The van der Waals surface area contributed by atoms with E-state index in [-0.39, 0.29) is 12.5 Å². The van der Waals surface area contributed by atoms with E-state index in [4.69, 9.17) is 4.84 Å². The number of hydrogen-bond donors (Lipinski definition) is 0. The van der Waals surface area contributed by atoms with Crippen molar-refractivity contribution in [2.24, 2.45) is 5.16 Å². The number of hydrogen-bond acceptors (Lipinski definition) is 3. The van der Waals surface area contributed by atoms with Gasteiger partial charge in [0.25, 0.3) is 5.91 Å². The highest BCUT2D eigenvalue weighted by molar-refractivity contribution is 5.84. The summed E-state index contributed by atoms with van der Waals surface area (Å²) < 4.78 is 0. The molecule has 2 aliphatic carbocycles. The maximum atomic E-state index is 11.8. The largest absolute Gasteiger partial charge is 0.386 e. The van der Waals surface area contributed by atoms with Crippen molar-refractivity contribution in [2.45, 2.75) is 63.8 Å². The van der Waals surface area contributed by atoms with Crippen LogP contribution in [0.2, 0.25) is 0 Å². The molecule has 0 N–H and O–H groups in total. The minimum atomic E-state index is 0.0534. The van der Waals surface area contributed by atoms with Crippen molar-refractivity contribution >= 4 is 11.6 Å². The molecule has 0 heterocycles. The van der Waals surface area contributed by atoms with Crippen LogP contribution in [0.25, 0.3) is 0 Å². The molecule has 0 unspecified atom stereocenters. The van der Waals surface area contributed by atoms with Crippen molar-refractivity contribution in [1.82, 2.24) is 4.90 Å². The molecule has 18 heavy (non-hydrogen) atoms. The zero-order valence-electron chi connectivity index (χ0n) is 11.4. The molecule has 0 spiro atoms. The van der Waals surface area contributed by atoms with Gasteiger partial charge in [-0.3, -0.25) is 4.79 Å². The van der Waals surface area contributed by atoms with Gasteiger partial charge in [0.15, 0.2) is 6.61 Å². The van der Waals surface area contributed by atoms with E-state index < -0.39 is 0 Å². The maximum Gasteiger partial charge on any atom is 0.263 e. The minimum Gasteiger partial charge on any atom is -0.386 e. The summed E-state index contributed by atoms with van der Waals surface area (Å²) in [6, 6.07) is 0.437. The van der Waals surface area contributed by atoms with Gasteiger partial charge in [-0.15, -0.1) is 0 Å². The molecule has 2 rings (SSSR count). The third-order valence-corrected chi connectivity index (χ3v) is 4.08. The number of likely N-dealkylation sites (N-methyl/N-ethyl adjacent to an activating group) is 1. The summed E-state index contributed by atoms with van der Waals surface area (Å²) in [6.07, 6.45) is 10.6. The zero-order valence-corrected chi connectivity index (χ0v) is 11.4. The molecule has 0 aromatic rings. The quantitative estimate of drug-likeness (QED) is 0.570. The first-order valence-corrected chi connectivity index (χ1v) is 7.21. The van der Waals surface area contributed by atoms with Gasteiger partial charge in [0, 0.05) is 13.1 Å². The Balaban J connectivity index is 1.69. The Morgan fingerprint density at radius 3 is 2.44 bits per heavy atom. The monoisotopic (exact) mass is 252 g/mol. The topological polar surface area (TPSA) is 41.9 Å². The summed E-state index contributed by atoms with van der Waals surface area (Å²) in [7, 11) is 1.87. The van der Waals surface area contributed by atoms with Crippen LogP contribution in [0, 0.1) is 0 Å². The number of amides is 1. The Hall–Kier alpha value is -1.06. The fraction of sp³-hybridized carbons (Fsp3) is 0.857. The highest BCUT2D eigenvalue weighted by atomic mass is 16.6. The van der Waals surface area contributed by atoms with E-state index in [0.29, 0.717) is 6.04 Å². The first-order chi connectivity index (χ1) is 8.77. The molecule has 0 radical (unpaired) electrons. The lowest BCUT2D eigenvalue weighted by molar-refractivity contribution is -0.138. The van der Waals surface area contributed by atoms with Crippen LogP contribution in [0.1, 0.15) is 57.8 Å². The molecule has 4 nitrogen and oxygen atoms in total. The van der Waals surface area contributed by atoms with Crippen LogP contribution in [0.15, 0.2) is 5.16 Å². The van der Waals surface area contributed by atoms with Crippen molar-refractivity contribution in [2.75, 3.05) is 13.7 Å². The van der Waals surface area contributed by atoms with E-state index >= 15 is 0 Å². The lowest BCUT2D eigenvalue weighted by atomic mass is 9.92. The maximum absolute atomic E-state index is 11.8. The first-order valence-electron chi connectivity index (χ1n) is 7.21. The van der Waals surface area contributed by atoms with Crippen LogP contribution in [0.5, 0.6) is 0 Å². The molecule has 2 saturated carbocycles. The fourth-order valence-corrected chi connectivity index (χ4v) is 2.49. The van der Waals surface area contributed by atoms with E-state index in [0.717, 1.165) is 31.4 Å². The average Bonchev–Trinajstić information content (AvgIpc) is 2.55. The number of oxime groups is 1. The molecule has 1 amide bonds. The summed E-state index contributed by atoms with van der Waals surface area (Å²) in [5, 5.41) is 4.14. The van der Waals surface area contributed by atoms with Crippen LogP contribution in [-0.4, -0.2) is 36.2 Å². The first kappa shape index (κ1) is 13.4. The summed E-state index contributed by atoms with van der Waals surface area (Å²) in [5.41, 5.74) is 1.13. The molecular weight excluding hydrogens is 228 g/mol. The van der Waals surface area contributed by atoms with Crippen LogP contribution in [0.4, 0.5) is 0 Å². The number of carbonyl (C=O) groups is 1. The lowest BCUT2D eigenvalue weighted by Crippen LogP contribution is -2.42. The fourth-order valence-electron chi connectivity index (χ4n) is 2.49. The Morgan fingerprint density at radius 2 is 1.89 bits per heavy atom. The van der Waals surface area contributed by atoms with Gasteiger partial charge in [-0.1, -0.05) is 18.0 Å². The Kier molecular flexibility index (Phi) is 5.02. The molecule has 0 aliphatic heterocycles. The Labute approximate surface area is 109 Å². The Morgan fingerprint density at radius 1 is 1.22 bits per heavy atom. The van der Waals surface area contributed by atoms with Crippen LogP contribution < -0.4 is 0 Å². The summed E-state index contributed by atoms with van der Waals surface area (Å²) in [5.74, 6) is 0.0534. The molecule has 0 aromatic carbocycles. The van der Waals surface area contributed by atoms with Crippen LogP contribution >= 0.6 is 0 Å². The molecule has 4 heteroatoms. The van der Waals surface area contributed by atoms with Gasteiger partial charge in [0.1, 0.15) is 0 Å². The molecular formula is C14H24N2O2. The molecule has 2 fully saturated rings. The second kappa shape index (κ2) is 6.76. The van der Waals surface area contributed by atoms with E-state index in [1.54, 1.807) is 0 Å². The van der Waals surface area contributed by atoms with Crippen molar-refractivity contribution < 1.29 is 9.63 Å². The SMILES string of the molecule is CN(C(=O)CON=C1CCCCCC1)C1CCC1. The van der Waals surface area contributed by atoms with E-state index in [9.17, 15) is 4.79 Å². The third-order valence-electron chi connectivity index (χ3n) is 4.08. The van der Waals surface area contributed by atoms with E-state index in [1.807, 2.05) is 11.9 Å². The van der Waals surface area contributed by atoms with Gasteiger partial charge in [-0.05, 0) is 44.9 Å². The van der Waals surface area contributed by atoms with Gasteiger partial charge in [-0.25, -0.2) is 0 Å². The number of nitrogens with zero attached hydrogens (tertiary/aromatic N) is 2. The minimum absolute atomic E-state index is 0.0534. The third kappa shape index (κ3) is 3.72. The molecule has 0 bridgehead atoms. The van der Waals surface area contributed by atoms with Gasteiger partial charge in [0.05, 0.1) is 5.71 Å². The smallest absolute Gasteiger partial charge is 0.263 e. The second-order valence-electron chi connectivity index (χ2n) is 5.43. The Bertz CT molecular complexity index is 301. The summed E-state index contributed by atoms with van der Waals surface area (Å²) in [6.45, 7) is 0.0937. The van der Waals surface area contributed by atoms with Crippen molar-refractivity contribution in [3.63, 3.8) is 0 Å². The predicted octanol–water partition coefficient (Wildman–Crippen LogP) is 2.72. The summed E-state index contributed by atoms with van der Waals surface area (Å²) in [4.78, 5) is 18.9. The molecule has 0 atom stereocenters. The van der Waals surface area contributed by atoms with Gasteiger partial charge >= 0.3 is 0 Å². The molecule has 2 aliphatic rings. The van der Waals surface area contributed by atoms with Gasteiger partial charge in [-0.2, -0.15) is 0 Å².